The smallest absolute Gasteiger partial charge is 0.0658 e. The molecule has 0 amide bonds. The van der Waals surface area contributed by atoms with Gasteiger partial charge in [-0.3, -0.25) is 0 Å². The van der Waals surface area contributed by atoms with Gasteiger partial charge < -0.3 is 0 Å². The van der Waals surface area contributed by atoms with Crippen LogP contribution in [0, 0.1) is 0 Å². The molecule has 0 N–H and O–H groups in total. The van der Waals surface area contributed by atoms with E-state index in [0.29, 0.717) is 0 Å². The van der Waals surface area contributed by atoms with Gasteiger partial charge in [-0.25, -0.2) is 0 Å². The first-order valence-corrected chi connectivity index (χ1v) is 9.69. The summed E-state index contributed by atoms with van der Waals surface area (Å²) >= 11 is 0. The molecule has 0 saturated carbocycles. The maximum atomic E-state index is 2.43. The summed E-state index contributed by atoms with van der Waals surface area (Å²) in [7, 11) is 0. The minimum Gasteiger partial charge on any atom is -0.0658 e. The molecule has 0 fully saturated rings. The molecule has 0 rings (SSSR count). The SMILES string of the molecule is CCCCC(CCC)B(C(CC)CC)C(CC)CCC. The van der Waals surface area contributed by atoms with E-state index in [0.717, 1.165) is 24.2 Å². The van der Waals surface area contributed by atoms with Crippen molar-refractivity contribution in [2.24, 2.45) is 0 Å². The molecule has 0 aromatic heterocycles. The first-order valence-electron chi connectivity index (χ1n) is 9.69. The summed E-state index contributed by atoms with van der Waals surface area (Å²) in [5, 5.41) is 0. The molecule has 0 aliphatic heterocycles. The quantitative estimate of drug-likeness (QED) is 0.304. The van der Waals surface area contributed by atoms with Gasteiger partial charge in [0.05, 0.1) is 0 Å². The van der Waals surface area contributed by atoms with Crippen molar-refractivity contribution < 1.29 is 0 Å². The van der Waals surface area contributed by atoms with Crippen LogP contribution in [0.4, 0.5) is 0 Å². The van der Waals surface area contributed by atoms with Crippen molar-refractivity contribution in [2.75, 3.05) is 0 Å². The van der Waals surface area contributed by atoms with Crippen molar-refractivity contribution in [1.82, 2.24) is 0 Å². The van der Waals surface area contributed by atoms with Crippen LogP contribution in [0.1, 0.15) is 106 Å². The van der Waals surface area contributed by atoms with Crippen molar-refractivity contribution in [3.8, 4) is 0 Å². The highest BCUT2D eigenvalue weighted by Crippen LogP contribution is 2.43. The number of hydrogen-bond donors (Lipinski definition) is 0. The summed E-state index contributed by atoms with van der Waals surface area (Å²) in [4.78, 5) is 0. The molecular formula is C19H41B. The van der Waals surface area contributed by atoms with Gasteiger partial charge in [0, 0.05) is 0 Å². The molecule has 2 atom stereocenters. The van der Waals surface area contributed by atoms with Gasteiger partial charge in [0.25, 0.3) is 0 Å². The zero-order valence-electron chi connectivity index (χ0n) is 15.4. The molecule has 120 valence electrons. The van der Waals surface area contributed by atoms with Gasteiger partial charge in [-0.05, 0) is 0 Å². The molecule has 0 heterocycles. The molecule has 0 radical (unpaired) electrons. The van der Waals surface area contributed by atoms with Crippen LogP contribution in [0.25, 0.3) is 0 Å². The predicted molar refractivity (Wildman–Crippen MR) is 97.2 cm³/mol. The van der Waals surface area contributed by atoms with Crippen molar-refractivity contribution in [3.63, 3.8) is 0 Å². The molecule has 0 nitrogen and oxygen atoms in total. The molecule has 0 aliphatic carbocycles. The van der Waals surface area contributed by atoms with Gasteiger partial charge in [0.2, 0.25) is 0 Å². The van der Waals surface area contributed by atoms with E-state index in [-0.39, 0.29) is 0 Å². The molecule has 20 heavy (non-hydrogen) atoms. The summed E-state index contributed by atoms with van der Waals surface area (Å²) in [5.74, 6) is 2.92. The fourth-order valence-electron chi connectivity index (χ4n) is 4.39. The maximum absolute atomic E-state index is 2.43. The third-order valence-electron chi connectivity index (χ3n) is 5.45. The molecule has 0 aliphatic rings. The highest BCUT2D eigenvalue weighted by Gasteiger charge is 2.35. The van der Waals surface area contributed by atoms with Crippen LogP contribution in [0.3, 0.4) is 0 Å². The van der Waals surface area contributed by atoms with Crippen LogP contribution in [-0.2, 0) is 0 Å². The van der Waals surface area contributed by atoms with Crippen molar-refractivity contribution in [2.45, 2.75) is 123 Å². The standard InChI is InChI=1S/C19H41B/c1-7-13-16-19(15-9-3)20(17(10-4)11-5)18(12-6)14-8-2/h17-19H,7-16H2,1-6H3. The fourth-order valence-corrected chi connectivity index (χ4v) is 4.39. The summed E-state index contributed by atoms with van der Waals surface area (Å²) in [6.07, 6.45) is 14.1. The fraction of sp³-hybridized carbons (Fsp3) is 1.00. The van der Waals surface area contributed by atoms with Gasteiger partial charge in [0.1, 0.15) is 6.71 Å². The minimum atomic E-state index is 0.958. The van der Waals surface area contributed by atoms with Gasteiger partial charge >= 0.3 is 0 Å². The molecular weight excluding hydrogens is 239 g/mol. The molecule has 0 aromatic carbocycles. The summed E-state index contributed by atoms with van der Waals surface area (Å²) in [6.45, 7) is 15.3. The number of hydrogen-bond acceptors (Lipinski definition) is 0. The van der Waals surface area contributed by atoms with Crippen molar-refractivity contribution in [3.05, 3.63) is 0 Å². The lowest BCUT2D eigenvalue weighted by atomic mass is 9.25. The average molecular weight is 280 g/mol. The molecule has 2 unspecified atom stereocenters. The highest BCUT2D eigenvalue weighted by atomic mass is 14.2. The Balaban J connectivity index is 5.08. The summed E-state index contributed by atoms with van der Waals surface area (Å²) in [5.41, 5.74) is 0. The second-order valence-corrected chi connectivity index (χ2v) is 6.80. The molecule has 0 saturated heterocycles. The Morgan fingerprint density at radius 2 is 1.05 bits per heavy atom. The minimum absolute atomic E-state index is 0.958. The predicted octanol–water partition coefficient (Wildman–Crippen LogP) is 7.61. The Hall–Kier alpha value is 0.0649. The Morgan fingerprint density at radius 3 is 1.45 bits per heavy atom. The topological polar surface area (TPSA) is 0 Å². The van der Waals surface area contributed by atoms with Crippen LogP contribution in [0.2, 0.25) is 17.5 Å². The van der Waals surface area contributed by atoms with E-state index in [1.165, 1.54) is 64.2 Å². The van der Waals surface area contributed by atoms with E-state index in [1.807, 2.05) is 0 Å². The third kappa shape index (κ3) is 6.68. The lowest BCUT2D eigenvalue weighted by Crippen LogP contribution is -2.32. The Labute approximate surface area is 130 Å². The number of rotatable bonds is 13. The third-order valence-corrected chi connectivity index (χ3v) is 5.45. The van der Waals surface area contributed by atoms with Gasteiger partial charge in [-0.1, -0.05) is 123 Å². The Bertz CT molecular complexity index is 198. The van der Waals surface area contributed by atoms with Gasteiger partial charge in [-0.2, -0.15) is 0 Å². The molecule has 0 aromatic rings. The normalized spacial score (nSPS) is 14.6. The van der Waals surface area contributed by atoms with E-state index < -0.39 is 0 Å². The molecule has 1 heteroatoms. The summed E-state index contributed by atoms with van der Waals surface area (Å²) in [6, 6.07) is 0. The van der Waals surface area contributed by atoms with E-state index in [9.17, 15) is 0 Å². The average Bonchev–Trinajstić information content (AvgIpc) is 2.47. The van der Waals surface area contributed by atoms with E-state index in [2.05, 4.69) is 41.5 Å². The van der Waals surface area contributed by atoms with Gasteiger partial charge in [0.15, 0.2) is 0 Å². The van der Waals surface area contributed by atoms with Crippen LogP contribution in [0.15, 0.2) is 0 Å². The first-order chi connectivity index (χ1) is 9.69. The van der Waals surface area contributed by atoms with Crippen molar-refractivity contribution >= 4 is 6.71 Å². The van der Waals surface area contributed by atoms with Crippen molar-refractivity contribution in [1.29, 1.82) is 0 Å². The number of unbranched alkanes of at least 4 members (excludes halogenated alkanes) is 1. The Kier molecular flexibility index (Phi) is 12.8. The van der Waals surface area contributed by atoms with E-state index in [1.54, 1.807) is 0 Å². The lowest BCUT2D eigenvalue weighted by Gasteiger charge is -2.36. The summed E-state index contributed by atoms with van der Waals surface area (Å²) < 4.78 is 0. The second kappa shape index (κ2) is 12.8. The molecule has 0 bridgehead atoms. The highest BCUT2D eigenvalue weighted by molar-refractivity contribution is 6.63. The monoisotopic (exact) mass is 280 g/mol. The van der Waals surface area contributed by atoms with E-state index >= 15 is 0 Å². The van der Waals surface area contributed by atoms with Crippen LogP contribution >= 0.6 is 0 Å². The van der Waals surface area contributed by atoms with Crippen LogP contribution in [-0.4, -0.2) is 6.71 Å². The maximum Gasteiger partial charge on any atom is 0.149 e. The zero-order valence-corrected chi connectivity index (χ0v) is 15.4. The van der Waals surface area contributed by atoms with Crippen LogP contribution in [0.5, 0.6) is 0 Å². The lowest BCUT2D eigenvalue weighted by molar-refractivity contribution is 0.562. The molecule has 0 spiro atoms. The van der Waals surface area contributed by atoms with Gasteiger partial charge in [-0.15, -0.1) is 0 Å². The zero-order chi connectivity index (χ0) is 15.4. The first kappa shape index (κ1) is 20.1. The Morgan fingerprint density at radius 1 is 0.550 bits per heavy atom. The second-order valence-electron chi connectivity index (χ2n) is 6.80. The van der Waals surface area contributed by atoms with Crippen LogP contribution < -0.4 is 0 Å². The largest absolute Gasteiger partial charge is 0.149 e. The van der Waals surface area contributed by atoms with E-state index in [4.69, 9.17) is 0 Å².